The summed E-state index contributed by atoms with van der Waals surface area (Å²) in [4.78, 5) is 0. The SMILES string of the molecule is OCC(O)CC(O)CO.OCCC(O)C(O)CO. The fourth-order valence-corrected chi connectivity index (χ4v) is 0.909. The predicted molar refractivity (Wildman–Crippen MR) is 61.6 cm³/mol. The van der Waals surface area contributed by atoms with Gasteiger partial charge in [0, 0.05) is 13.0 Å². The smallest absolute Gasteiger partial charge is 0.103 e. The highest BCUT2D eigenvalue weighted by atomic mass is 16.4. The van der Waals surface area contributed by atoms with Crippen molar-refractivity contribution >= 4 is 0 Å². The van der Waals surface area contributed by atoms with Crippen molar-refractivity contribution in [1.82, 2.24) is 0 Å². The van der Waals surface area contributed by atoms with Gasteiger partial charge < -0.3 is 40.9 Å². The van der Waals surface area contributed by atoms with Crippen LogP contribution in [0, 0.1) is 0 Å². The second-order valence-electron chi connectivity index (χ2n) is 3.74. The number of rotatable bonds is 8. The van der Waals surface area contributed by atoms with Gasteiger partial charge in [0.1, 0.15) is 6.10 Å². The standard InChI is InChI=1S/2C5H12O4/c6-2-4(8)1-5(9)3-7;6-2-1-4(8)5(9)3-7/h2*4-9H,1-3H2. The molecule has 0 saturated carbocycles. The fraction of sp³-hybridized carbons (Fsp3) is 1.00. The third-order valence-electron chi connectivity index (χ3n) is 2.02. The maximum atomic E-state index is 8.75. The second kappa shape index (κ2) is 13.1. The first-order valence-electron chi connectivity index (χ1n) is 5.58. The molecule has 0 radical (unpaired) electrons. The van der Waals surface area contributed by atoms with Gasteiger partial charge in [-0.25, -0.2) is 0 Å². The zero-order valence-corrected chi connectivity index (χ0v) is 10.1. The van der Waals surface area contributed by atoms with E-state index in [-0.39, 0.29) is 32.7 Å². The lowest BCUT2D eigenvalue weighted by atomic mass is 10.1. The molecular formula is C10H24O8. The Morgan fingerprint density at radius 1 is 0.611 bits per heavy atom. The van der Waals surface area contributed by atoms with Crippen molar-refractivity contribution in [2.75, 3.05) is 26.4 Å². The molecule has 0 spiro atoms. The van der Waals surface area contributed by atoms with Gasteiger partial charge in [0.15, 0.2) is 0 Å². The van der Waals surface area contributed by atoms with Gasteiger partial charge >= 0.3 is 0 Å². The third kappa shape index (κ3) is 12.1. The molecule has 0 aliphatic carbocycles. The van der Waals surface area contributed by atoms with E-state index in [1.165, 1.54) is 0 Å². The zero-order valence-electron chi connectivity index (χ0n) is 10.1. The van der Waals surface area contributed by atoms with Crippen LogP contribution in [0.2, 0.25) is 0 Å². The summed E-state index contributed by atoms with van der Waals surface area (Å²) in [6.45, 7) is -1.41. The highest BCUT2D eigenvalue weighted by Crippen LogP contribution is 1.96. The van der Waals surface area contributed by atoms with Gasteiger partial charge in [-0.15, -0.1) is 0 Å². The molecule has 0 amide bonds. The van der Waals surface area contributed by atoms with Crippen LogP contribution in [-0.2, 0) is 0 Å². The Kier molecular flexibility index (Phi) is 14.6. The topological polar surface area (TPSA) is 162 Å². The first-order valence-corrected chi connectivity index (χ1v) is 5.58. The molecule has 0 aliphatic heterocycles. The number of aliphatic hydroxyl groups excluding tert-OH is 8. The molecule has 4 atom stereocenters. The maximum Gasteiger partial charge on any atom is 0.103 e. The predicted octanol–water partition coefficient (Wildman–Crippen LogP) is -3.83. The average molecular weight is 272 g/mol. The van der Waals surface area contributed by atoms with E-state index in [9.17, 15) is 0 Å². The number of hydrogen-bond donors (Lipinski definition) is 8. The lowest BCUT2D eigenvalue weighted by Gasteiger charge is -2.12. The molecule has 8 nitrogen and oxygen atoms in total. The van der Waals surface area contributed by atoms with Crippen LogP contribution < -0.4 is 0 Å². The van der Waals surface area contributed by atoms with Gasteiger partial charge in [0.2, 0.25) is 0 Å². The van der Waals surface area contributed by atoms with Crippen LogP contribution in [0.3, 0.4) is 0 Å². The summed E-state index contributed by atoms with van der Waals surface area (Å²) < 4.78 is 0. The Hall–Kier alpha value is -0.320. The van der Waals surface area contributed by atoms with E-state index in [0.29, 0.717) is 0 Å². The van der Waals surface area contributed by atoms with E-state index in [1.54, 1.807) is 0 Å². The molecule has 8 N–H and O–H groups in total. The van der Waals surface area contributed by atoms with E-state index >= 15 is 0 Å². The van der Waals surface area contributed by atoms with Crippen molar-refractivity contribution in [2.45, 2.75) is 37.3 Å². The van der Waals surface area contributed by atoms with Crippen LogP contribution in [0.1, 0.15) is 12.8 Å². The molecule has 0 aromatic heterocycles. The van der Waals surface area contributed by atoms with Gasteiger partial charge in [0.05, 0.1) is 38.1 Å². The summed E-state index contributed by atoms with van der Waals surface area (Å²) in [5.41, 5.74) is 0. The molecule has 0 aromatic rings. The van der Waals surface area contributed by atoms with Gasteiger partial charge in [-0.2, -0.15) is 0 Å². The van der Waals surface area contributed by atoms with E-state index in [1.807, 2.05) is 0 Å². The molecular weight excluding hydrogens is 248 g/mol. The first kappa shape index (κ1) is 20.0. The molecule has 0 aliphatic rings. The van der Waals surface area contributed by atoms with Gasteiger partial charge in [-0.3, -0.25) is 0 Å². The highest BCUT2D eigenvalue weighted by molar-refractivity contribution is 4.64. The lowest BCUT2D eigenvalue weighted by molar-refractivity contribution is -0.0238. The van der Waals surface area contributed by atoms with Crippen molar-refractivity contribution in [3.05, 3.63) is 0 Å². The Bertz CT molecular complexity index is 160. The normalized spacial score (nSPS) is 17.3. The van der Waals surface area contributed by atoms with Crippen LogP contribution >= 0.6 is 0 Å². The van der Waals surface area contributed by atoms with Crippen molar-refractivity contribution in [1.29, 1.82) is 0 Å². The van der Waals surface area contributed by atoms with Crippen molar-refractivity contribution in [2.24, 2.45) is 0 Å². The van der Waals surface area contributed by atoms with Crippen LogP contribution in [0.4, 0.5) is 0 Å². The third-order valence-corrected chi connectivity index (χ3v) is 2.02. The van der Waals surface area contributed by atoms with Crippen molar-refractivity contribution in [3.63, 3.8) is 0 Å². The van der Waals surface area contributed by atoms with Gasteiger partial charge in [-0.05, 0) is 6.42 Å². The van der Waals surface area contributed by atoms with E-state index < -0.39 is 31.0 Å². The fourth-order valence-electron chi connectivity index (χ4n) is 0.909. The summed E-state index contributed by atoms with van der Waals surface area (Å²) in [6.07, 6.45) is -3.87. The zero-order chi connectivity index (χ0) is 14.6. The molecule has 8 heteroatoms. The van der Waals surface area contributed by atoms with E-state index in [2.05, 4.69) is 0 Å². The summed E-state index contributed by atoms with van der Waals surface area (Å²) in [6, 6.07) is 0. The van der Waals surface area contributed by atoms with Crippen LogP contribution in [0.25, 0.3) is 0 Å². The molecule has 18 heavy (non-hydrogen) atoms. The molecule has 0 heterocycles. The number of hydrogen-bond acceptors (Lipinski definition) is 8. The Morgan fingerprint density at radius 3 is 1.33 bits per heavy atom. The molecule has 0 rings (SSSR count). The lowest BCUT2D eigenvalue weighted by Crippen LogP contribution is -2.29. The Balaban J connectivity index is 0. The number of aliphatic hydroxyl groups is 8. The van der Waals surface area contributed by atoms with Crippen LogP contribution in [0.15, 0.2) is 0 Å². The minimum atomic E-state index is -1.13. The molecule has 0 fully saturated rings. The summed E-state index contributed by atoms with van der Waals surface area (Å²) in [7, 11) is 0. The van der Waals surface area contributed by atoms with Gasteiger partial charge in [-0.1, -0.05) is 0 Å². The summed E-state index contributed by atoms with van der Waals surface area (Å²) in [5.74, 6) is 0. The minimum Gasteiger partial charge on any atom is -0.396 e. The van der Waals surface area contributed by atoms with Crippen LogP contribution in [-0.4, -0.2) is 91.7 Å². The highest BCUT2D eigenvalue weighted by Gasteiger charge is 2.13. The largest absolute Gasteiger partial charge is 0.396 e. The van der Waals surface area contributed by atoms with Crippen molar-refractivity contribution in [3.8, 4) is 0 Å². The summed E-state index contributed by atoms with van der Waals surface area (Å²) >= 11 is 0. The summed E-state index contributed by atoms with van der Waals surface area (Å²) in [5, 5.41) is 67.6. The maximum absolute atomic E-state index is 8.75. The Labute approximate surface area is 105 Å². The average Bonchev–Trinajstić information content (AvgIpc) is 2.38. The second-order valence-corrected chi connectivity index (χ2v) is 3.74. The molecule has 0 bridgehead atoms. The quantitative estimate of drug-likeness (QED) is 0.223. The van der Waals surface area contributed by atoms with E-state index in [0.717, 1.165) is 0 Å². The van der Waals surface area contributed by atoms with Crippen molar-refractivity contribution < 1.29 is 40.9 Å². The molecule has 112 valence electrons. The Morgan fingerprint density at radius 2 is 1.06 bits per heavy atom. The molecule has 0 saturated heterocycles. The minimum absolute atomic E-state index is 0.0208. The monoisotopic (exact) mass is 272 g/mol. The molecule has 0 aromatic carbocycles. The molecule has 4 unspecified atom stereocenters. The van der Waals surface area contributed by atoms with E-state index in [4.69, 9.17) is 40.9 Å². The van der Waals surface area contributed by atoms with Gasteiger partial charge in [0.25, 0.3) is 0 Å². The van der Waals surface area contributed by atoms with Crippen LogP contribution in [0.5, 0.6) is 0 Å². The first-order chi connectivity index (χ1) is 8.42.